The molecule has 3 rings (SSSR count). The summed E-state index contributed by atoms with van der Waals surface area (Å²) in [6.07, 6.45) is 0. The standard InChI is InChI=1S/C18H21NO5S/c1-4-19(11-14-6-8-15-17(10-14)24-12-23-15)25(20,21)18-9-13(2)5-7-16(18)22-3/h5-10H,4,11-12H2,1-3H3. The molecule has 134 valence electrons. The number of nitrogens with zero attached hydrogens (tertiary/aromatic N) is 1. The highest BCUT2D eigenvalue weighted by Gasteiger charge is 2.27. The second-order valence-electron chi connectivity index (χ2n) is 5.77. The molecule has 0 radical (unpaired) electrons. The summed E-state index contributed by atoms with van der Waals surface area (Å²) in [5, 5.41) is 0. The molecule has 25 heavy (non-hydrogen) atoms. The average molecular weight is 363 g/mol. The van der Waals surface area contributed by atoms with Crippen LogP contribution < -0.4 is 14.2 Å². The number of benzene rings is 2. The average Bonchev–Trinajstić information content (AvgIpc) is 3.07. The first-order valence-corrected chi connectivity index (χ1v) is 9.43. The van der Waals surface area contributed by atoms with E-state index in [0.717, 1.165) is 11.1 Å². The van der Waals surface area contributed by atoms with Gasteiger partial charge in [-0.15, -0.1) is 0 Å². The lowest BCUT2D eigenvalue weighted by atomic mass is 10.2. The lowest BCUT2D eigenvalue weighted by Gasteiger charge is -2.22. The van der Waals surface area contributed by atoms with Crippen LogP contribution in [0.2, 0.25) is 0 Å². The van der Waals surface area contributed by atoms with Gasteiger partial charge < -0.3 is 14.2 Å². The zero-order chi connectivity index (χ0) is 18.0. The molecule has 2 aromatic carbocycles. The molecule has 0 saturated carbocycles. The van der Waals surface area contributed by atoms with E-state index in [1.165, 1.54) is 11.4 Å². The molecular formula is C18H21NO5S. The van der Waals surface area contributed by atoms with Gasteiger partial charge in [0, 0.05) is 13.1 Å². The molecule has 1 aliphatic rings. The van der Waals surface area contributed by atoms with E-state index in [-0.39, 0.29) is 18.2 Å². The molecule has 7 heteroatoms. The van der Waals surface area contributed by atoms with E-state index in [2.05, 4.69) is 0 Å². The summed E-state index contributed by atoms with van der Waals surface area (Å²) in [7, 11) is -2.22. The lowest BCUT2D eigenvalue weighted by Crippen LogP contribution is -2.30. The number of hydrogen-bond acceptors (Lipinski definition) is 5. The Bertz CT molecular complexity index is 879. The summed E-state index contributed by atoms with van der Waals surface area (Å²) in [5.74, 6) is 1.66. The first kappa shape index (κ1) is 17.6. The molecule has 1 heterocycles. The molecule has 2 aromatic rings. The van der Waals surface area contributed by atoms with Crippen molar-refractivity contribution in [1.82, 2.24) is 4.31 Å². The van der Waals surface area contributed by atoms with Crippen LogP contribution in [0.15, 0.2) is 41.3 Å². The van der Waals surface area contributed by atoms with Gasteiger partial charge in [-0.05, 0) is 42.3 Å². The fourth-order valence-electron chi connectivity index (χ4n) is 2.73. The maximum absolute atomic E-state index is 13.1. The van der Waals surface area contributed by atoms with Crippen LogP contribution in [0.5, 0.6) is 17.2 Å². The van der Waals surface area contributed by atoms with Crippen molar-refractivity contribution in [1.29, 1.82) is 0 Å². The van der Waals surface area contributed by atoms with E-state index in [0.29, 0.717) is 23.8 Å². The van der Waals surface area contributed by atoms with Crippen molar-refractivity contribution in [2.45, 2.75) is 25.3 Å². The predicted molar refractivity (Wildman–Crippen MR) is 93.6 cm³/mol. The van der Waals surface area contributed by atoms with Gasteiger partial charge in [-0.1, -0.05) is 19.1 Å². The second-order valence-corrected chi connectivity index (χ2v) is 7.68. The highest BCUT2D eigenvalue weighted by Crippen LogP contribution is 2.34. The van der Waals surface area contributed by atoms with Crippen molar-refractivity contribution in [3.63, 3.8) is 0 Å². The van der Waals surface area contributed by atoms with Crippen LogP contribution in [-0.2, 0) is 16.6 Å². The van der Waals surface area contributed by atoms with Crippen LogP contribution in [0.1, 0.15) is 18.1 Å². The molecule has 0 fully saturated rings. The number of hydrogen-bond donors (Lipinski definition) is 0. The monoisotopic (exact) mass is 363 g/mol. The normalized spacial score (nSPS) is 13.3. The number of sulfonamides is 1. The molecule has 0 unspecified atom stereocenters. The summed E-state index contributed by atoms with van der Waals surface area (Å²) in [6.45, 7) is 4.44. The minimum absolute atomic E-state index is 0.178. The molecule has 0 saturated heterocycles. The molecule has 0 bridgehead atoms. The molecule has 0 spiro atoms. The number of ether oxygens (including phenoxy) is 3. The fraction of sp³-hybridized carbons (Fsp3) is 0.333. The molecule has 0 amide bonds. The van der Waals surface area contributed by atoms with Gasteiger partial charge in [0.1, 0.15) is 10.6 Å². The van der Waals surface area contributed by atoms with Crippen molar-refractivity contribution in [2.75, 3.05) is 20.4 Å². The van der Waals surface area contributed by atoms with Crippen molar-refractivity contribution >= 4 is 10.0 Å². The Morgan fingerprint density at radius 1 is 1.12 bits per heavy atom. The predicted octanol–water partition coefficient (Wildman–Crippen LogP) is 2.94. The van der Waals surface area contributed by atoms with Gasteiger partial charge in [0.25, 0.3) is 0 Å². The molecule has 0 aliphatic carbocycles. The highest BCUT2D eigenvalue weighted by molar-refractivity contribution is 7.89. The van der Waals surface area contributed by atoms with Gasteiger partial charge in [0.2, 0.25) is 16.8 Å². The van der Waals surface area contributed by atoms with Crippen molar-refractivity contribution < 1.29 is 22.6 Å². The zero-order valence-corrected chi connectivity index (χ0v) is 15.3. The summed E-state index contributed by atoms with van der Waals surface area (Å²) in [4.78, 5) is 0.178. The van der Waals surface area contributed by atoms with Crippen molar-refractivity contribution in [3.8, 4) is 17.2 Å². The minimum Gasteiger partial charge on any atom is -0.495 e. The number of fused-ring (bicyclic) bond motifs is 1. The van der Waals surface area contributed by atoms with Crippen LogP contribution >= 0.6 is 0 Å². The molecule has 0 aromatic heterocycles. The third-order valence-corrected chi connectivity index (χ3v) is 6.03. The van der Waals surface area contributed by atoms with E-state index < -0.39 is 10.0 Å². The Kier molecular flexibility index (Phi) is 4.87. The quantitative estimate of drug-likeness (QED) is 0.789. The van der Waals surface area contributed by atoms with Gasteiger partial charge in [0.05, 0.1) is 7.11 Å². The summed E-state index contributed by atoms with van der Waals surface area (Å²) in [6, 6.07) is 10.6. The third-order valence-electron chi connectivity index (χ3n) is 4.09. The van der Waals surface area contributed by atoms with Crippen LogP contribution in [0.4, 0.5) is 0 Å². The molecule has 6 nitrogen and oxygen atoms in total. The van der Waals surface area contributed by atoms with Gasteiger partial charge in [0.15, 0.2) is 11.5 Å². The molecular weight excluding hydrogens is 342 g/mol. The smallest absolute Gasteiger partial charge is 0.247 e. The van der Waals surface area contributed by atoms with Crippen LogP contribution in [0.3, 0.4) is 0 Å². The molecule has 0 N–H and O–H groups in total. The van der Waals surface area contributed by atoms with Crippen LogP contribution in [0, 0.1) is 6.92 Å². The maximum atomic E-state index is 13.1. The van der Waals surface area contributed by atoms with Gasteiger partial charge in [-0.3, -0.25) is 0 Å². The van der Waals surface area contributed by atoms with Gasteiger partial charge in [-0.2, -0.15) is 4.31 Å². The van der Waals surface area contributed by atoms with Crippen LogP contribution in [0.25, 0.3) is 0 Å². The van der Waals surface area contributed by atoms with E-state index in [1.54, 1.807) is 18.2 Å². The van der Waals surface area contributed by atoms with Gasteiger partial charge >= 0.3 is 0 Å². The van der Waals surface area contributed by atoms with E-state index in [9.17, 15) is 8.42 Å². The molecule has 1 aliphatic heterocycles. The SMILES string of the molecule is CCN(Cc1ccc2c(c1)OCO2)S(=O)(=O)c1cc(C)ccc1OC. The number of methoxy groups -OCH3 is 1. The topological polar surface area (TPSA) is 65.1 Å². The summed E-state index contributed by atoms with van der Waals surface area (Å²) in [5.41, 5.74) is 1.69. The Hall–Kier alpha value is -2.25. The van der Waals surface area contributed by atoms with Crippen molar-refractivity contribution in [2.24, 2.45) is 0 Å². The lowest BCUT2D eigenvalue weighted by molar-refractivity contribution is 0.174. The minimum atomic E-state index is -3.69. The maximum Gasteiger partial charge on any atom is 0.247 e. The summed E-state index contributed by atoms with van der Waals surface area (Å²) < 4.78 is 43.6. The fourth-order valence-corrected chi connectivity index (χ4v) is 4.41. The first-order chi connectivity index (χ1) is 12.0. The highest BCUT2D eigenvalue weighted by atomic mass is 32.2. The van der Waals surface area contributed by atoms with Crippen LogP contribution in [-0.4, -0.2) is 33.2 Å². The number of rotatable bonds is 6. The third kappa shape index (κ3) is 3.43. The Labute approximate surface area is 148 Å². The van der Waals surface area contributed by atoms with Gasteiger partial charge in [-0.25, -0.2) is 8.42 Å². The van der Waals surface area contributed by atoms with E-state index >= 15 is 0 Å². The number of aryl methyl sites for hydroxylation is 1. The van der Waals surface area contributed by atoms with Crippen molar-refractivity contribution in [3.05, 3.63) is 47.5 Å². The zero-order valence-electron chi connectivity index (χ0n) is 14.5. The Balaban J connectivity index is 1.93. The first-order valence-electron chi connectivity index (χ1n) is 7.99. The summed E-state index contributed by atoms with van der Waals surface area (Å²) >= 11 is 0. The Morgan fingerprint density at radius 3 is 2.60 bits per heavy atom. The van der Waals surface area contributed by atoms with E-state index in [1.807, 2.05) is 32.0 Å². The largest absolute Gasteiger partial charge is 0.495 e. The molecule has 0 atom stereocenters. The second kappa shape index (κ2) is 6.93. The Morgan fingerprint density at radius 2 is 1.88 bits per heavy atom. The van der Waals surface area contributed by atoms with E-state index in [4.69, 9.17) is 14.2 Å².